The lowest BCUT2D eigenvalue weighted by atomic mass is 10.2. The number of carbonyl (C=O) groups excluding carboxylic acids is 2. The summed E-state index contributed by atoms with van der Waals surface area (Å²) in [5.74, 6) is 1.09. The average Bonchev–Trinajstić information content (AvgIpc) is 2.73. The summed E-state index contributed by atoms with van der Waals surface area (Å²) in [5, 5.41) is 7.90. The Balaban J connectivity index is 1.99. The van der Waals surface area contributed by atoms with Crippen LogP contribution in [0.1, 0.15) is 25.8 Å². The summed E-state index contributed by atoms with van der Waals surface area (Å²) in [7, 11) is 1.54. The van der Waals surface area contributed by atoms with Gasteiger partial charge in [-0.25, -0.2) is 4.79 Å². The molecule has 0 aliphatic carbocycles. The predicted molar refractivity (Wildman–Crippen MR) is 116 cm³/mol. The number of ether oxygens (including phenoxy) is 2. The molecule has 0 spiro atoms. The largest absolute Gasteiger partial charge is 0.490 e. The average molecular weight is 397 g/mol. The molecule has 0 saturated heterocycles. The summed E-state index contributed by atoms with van der Waals surface area (Å²) < 4.78 is 11.3. The highest BCUT2D eigenvalue weighted by molar-refractivity contribution is 6.02. The molecule has 0 radical (unpaired) electrons. The van der Waals surface area contributed by atoms with E-state index in [-0.39, 0.29) is 11.9 Å². The summed E-state index contributed by atoms with van der Waals surface area (Å²) >= 11 is 0. The van der Waals surface area contributed by atoms with Crippen LogP contribution in [0.5, 0.6) is 11.5 Å². The third-order valence-corrected chi connectivity index (χ3v) is 3.79. The molecule has 2 aromatic carbocycles. The van der Waals surface area contributed by atoms with Crippen molar-refractivity contribution in [2.24, 2.45) is 0 Å². The number of amides is 3. The number of hydrogen-bond donors (Lipinski definition) is 3. The highest BCUT2D eigenvalue weighted by atomic mass is 16.5. The van der Waals surface area contributed by atoms with Gasteiger partial charge in [-0.2, -0.15) is 0 Å². The van der Waals surface area contributed by atoms with Crippen LogP contribution in [0.15, 0.2) is 48.5 Å². The molecule has 2 aromatic rings. The van der Waals surface area contributed by atoms with Crippen LogP contribution >= 0.6 is 0 Å². The first kappa shape index (κ1) is 21.8. The maximum atomic E-state index is 12.2. The Morgan fingerprint density at radius 3 is 2.24 bits per heavy atom. The van der Waals surface area contributed by atoms with Crippen LogP contribution < -0.4 is 25.4 Å². The van der Waals surface area contributed by atoms with Crippen molar-refractivity contribution >= 4 is 29.4 Å². The number of benzene rings is 2. The molecule has 0 fully saturated rings. The third kappa shape index (κ3) is 7.21. The molecule has 3 N–H and O–H groups in total. The molecule has 0 heterocycles. The topological polar surface area (TPSA) is 88.7 Å². The monoisotopic (exact) mass is 397 g/mol. The van der Waals surface area contributed by atoms with E-state index in [0.29, 0.717) is 36.1 Å². The zero-order chi connectivity index (χ0) is 21.1. The lowest BCUT2D eigenvalue weighted by Gasteiger charge is -2.12. The van der Waals surface area contributed by atoms with Crippen molar-refractivity contribution in [2.45, 2.75) is 20.3 Å². The number of hydrogen-bond acceptors (Lipinski definition) is 4. The van der Waals surface area contributed by atoms with Gasteiger partial charge < -0.3 is 25.4 Å². The van der Waals surface area contributed by atoms with Crippen molar-refractivity contribution in [3.8, 4) is 11.5 Å². The SMILES string of the molecule is CCCOc1ccc(/C=C/C(=O)Nc2ccc(NC(=O)NC)cc2)cc1OCC. The minimum Gasteiger partial charge on any atom is -0.490 e. The van der Waals surface area contributed by atoms with Crippen molar-refractivity contribution in [1.29, 1.82) is 0 Å². The Labute approximate surface area is 171 Å². The zero-order valence-corrected chi connectivity index (χ0v) is 17.0. The lowest BCUT2D eigenvalue weighted by Crippen LogP contribution is -2.24. The van der Waals surface area contributed by atoms with E-state index < -0.39 is 0 Å². The maximum absolute atomic E-state index is 12.2. The fourth-order valence-electron chi connectivity index (χ4n) is 2.41. The minimum atomic E-state index is -0.303. The highest BCUT2D eigenvalue weighted by Crippen LogP contribution is 2.29. The highest BCUT2D eigenvalue weighted by Gasteiger charge is 2.06. The van der Waals surface area contributed by atoms with Gasteiger partial charge in [-0.3, -0.25) is 4.79 Å². The van der Waals surface area contributed by atoms with Gasteiger partial charge in [0, 0.05) is 24.5 Å². The second kappa shape index (κ2) is 11.4. The molecule has 7 heteroatoms. The molecule has 3 amide bonds. The fraction of sp³-hybridized carbons (Fsp3) is 0.273. The molecule has 0 aliphatic heterocycles. The summed E-state index contributed by atoms with van der Waals surface area (Å²) in [6.45, 7) is 5.10. The van der Waals surface area contributed by atoms with Gasteiger partial charge in [0.2, 0.25) is 5.91 Å². The Morgan fingerprint density at radius 2 is 1.62 bits per heavy atom. The molecule has 0 unspecified atom stereocenters. The third-order valence-electron chi connectivity index (χ3n) is 3.79. The molecule has 0 atom stereocenters. The number of urea groups is 1. The van der Waals surface area contributed by atoms with E-state index in [0.717, 1.165) is 12.0 Å². The Morgan fingerprint density at radius 1 is 0.931 bits per heavy atom. The first-order chi connectivity index (χ1) is 14.0. The van der Waals surface area contributed by atoms with Crippen LogP contribution in [-0.2, 0) is 4.79 Å². The van der Waals surface area contributed by atoms with E-state index in [1.54, 1.807) is 37.4 Å². The first-order valence-corrected chi connectivity index (χ1v) is 9.53. The summed E-state index contributed by atoms with van der Waals surface area (Å²) in [4.78, 5) is 23.5. The van der Waals surface area contributed by atoms with Crippen molar-refractivity contribution in [3.05, 3.63) is 54.1 Å². The van der Waals surface area contributed by atoms with Crippen LogP contribution in [0, 0.1) is 0 Å². The van der Waals surface area contributed by atoms with Crippen molar-refractivity contribution in [2.75, 3.05) is 30.9 Å². The van der Waals surface area contributed by atoms with E-state index in [1.807, 2.05) is 32.0 Å². The van der Waals surface area contributed by atoms with Gasteiger partial charge in [0.1, 0.15) is 0 Å². The maximum Gasteiger partial charge on any atom is 0.318 e. The predicted octanol–water partition coefficient (Wildman–Crippen LogP) is 4.28. The van der Waals surface area contributed by atoms with Gasteiger partial charge >= 0.3 is 6.03 Å². The van der Waals surface area contributed by atoms with E-state index in [4.69, 9.17) is 9.47 Å². The molecule has 2 rings (SSSR count). The lowest BCUT2D eigenvalue weighted by molar-refractivity contribution is -0.111. The normalized spacial score (nSPS) is 10.4. The summed E-state index contributed by atoms with van der Waals surface area (Å²) in [5.41, 5.74) is 2.09. The summed E-state index contributed by atoms with van der Waals surface area (Å²) in [6.07, 6.45) is 4.08. The fourth-order valence-corrected chi connectivity index (χ4v) is 2.41. The molecule has 154 valence electrons. The van der Waals surface area contributed by atoms with E-state index in [9.17, 15) is 9.59 Å². The number of rotatable bonds is 9. The second-order valence-electron chi connectivity index (χ2n) is 6.09. The van der Waals surface area contributed by atoms with Gasteiger partial charge in [0.25, 0.3) is 0 Å². The molecule has 0 saturated carbocycles. The Kier molecular flexibility index (Phi) is 8.56. The molecule has 0 bridgehead atoms. The van der Waals surface area contributed by atoms with Gasteiger partial charge in [-0.05, 0) is 61.4 Å². The van der Waals surface area contributed by atoms with E-state index >= 15 is 0 Å². The van der Waals surface area contributed by atoms with Gasteiger partial charge in [0.05, 0.1) is 13.2 Å². The Hall–Kier alpha value is -3.48. The van der Waals surface area contributed by atoms with Crippen LogP contribution in [0.4, 0.5) is 16.2 Å². The van der Waals surface area contributed by atoms with E-state index in [1.165, 1.54) is 6.08 Å². The minimum absolute atomic E-state index is 0.263. The molecule has 0 aliphatic rings. The van der Waals surface area contributed by atoms with Crippen molar-refractivity contribution in [3.63, 3.8) is 0 Å². The second-order valence-corrected chi connectivity index (χ2v) is 6.09. The number of nitrogens with one attached hydrogen (secondary N) is 3. The van der Waals surface area contributed by atoms with Gasteiger partial charge in [0.15, 0.2) is 11.5 Å². The van der Waals surface area contributed by atoms with Crippen LogP contribution in [0.2, 0.25) is 0 Å². The molecule has 29 heavy (non-hydrogen) atoms. The number of carbonyl (C=O) groups is 2. The van der Waals surface area contributed by atoms with Crippen molar-refractivity contribution in [1.82, 2.24) is 5.32 Å². The van der Waals surface area contributed by atoms with Crippen LogP contribution in [-0.4, -0.2) is 32.2 Å². The number of anilines is 2. The quantitative estimate of drug-likeness (QED) is 0.551. The molecular formula is C22H27N3O4. The van der Waals surface area contributed by atoms with Crippen LogP contribution in [0.3, 0.4) is 0 Å². The van der Waals surface area contributed by atoms with Gasteiger partial charge in [-0.1, -0.05) is 13.0 Å². The van der Waals surface area contributed by atoms with Crippen molar-refractivity contribution < 1.29 is 19.1 Å². The Bertz CT molecular complexity index is 848. The van der Waals surface area contributed by atoms with Gasteiger partial charge in [-0.15, -0.1) is 0 Å². The summed E-state index contributed by atoms with van der Waals surface area (Å²) in [6, 6.07) is 12.1. The standard InChI is InChI=1S/C22H27N3O4/c1-4-14-29-19-12-6-16(15-20(19)28-5-2)7-13-21(26)24-17-8-10-18(11-9-17)25-22(27)23-3/h6-13,15H,4-5,14H2,1-3H3,(H,24,26)(H2,23,25,27)/b13-7+. The van der Waals surface area contributed by atoms with E-state index in [2.05, 4.69) is 16.0 Å². The van der Waals surface area contributed by atoms with Crippen LogP contribution in [0.25, 0.3) is 6.08 Å². The molecular weight excluding hydrogens is 370 g/mol. The molecule has 0 aromatic heterocycles. The molecule has 7 nitrogen and oxygen atoms in total. The first-order valence-electron chi connectivity index (χ1n) is 9.53. The smallest absolute Gasteiger partial charge is 0.318 e. The zero-order valence-electron chi connectivity index (χ0n) is 17.0.